The fourth-order valence-corrected chi connectivity index (χ4v) is 0.929. The summed E-state index contributed by atoms with van der Waals surface area (Å²) < 4.78 is 0.596. The largest absolute Gasteiger partial charge is 0.624 e. The van der Waals surface area contributed by atoms with Crippen LogP contribution in [0.4, 0.5) is 5.69 Å². The molecule has 0 amide bonds. The lowest BCUT2D eigenvalue weighted by Crippen LogP contribution is -1.98. The molecule has 68 valence electrons. The van der Waals surface area contributed by atoms with E-state index in [9.17, 15) is 15.3 Å². The van der Waals surface area contributed by atoms with Crippen LogP contribution in [-0.2, 0) is 0 Å². The number of nitro benzene ring substituents is 1. The van der Waals surface area contributed by atoms with E-state index in [1.807, 2.05) is 0 Å². The van der Waals surface area contributed by atoms with Gasteiger partial charge in [-0.1, -0.05) is 6.07 Å². The van der Waals surface area contributed by atoms with Gasteiger partial charge in [-0.05, 0) is 6.07 Å². The van der Waals surface area contributed by atoms with Crippen LogP contribution in [0.15, 0.2) is 24.3 Å². The van der Waals surface area contributed by atoms with E-state index in [-0.39, 0.29) is 5.69 Å². The molecule has 13 heavy (non-hydrogen) atoms. The van der Waals surface area contributed by atoms with Crippen molar-refractivity contribution >= 4 is 11.9 Å². The second-order valence-corrected chi connectivity index (χ2v) is 2.53. The number of non-ortho nitro benzene ring substituents is 1. The molecule has 5 heteroatoms. The van der Waals surface area contributed by atoms with Gasteiger partial charge in [0.25, 0.3) is 5.69 Å². The second kappa shape index (κ2) is 3.66. The van der Waals surface area contributed by atoms with Gasteiger partial charge in [0.05, 0.1) is 4.92 Å². The third-order valence-corrected chi connectivity index (χ3v) is 1.41. The van der Waals surface area contributed by atoms with Crippen molar-refractivity contribution in [1.82, 2.24) is 0 Å². The molecular weight excluding hydrogens is 172 g/mol. The van der Waals surface area contributed by atoms with Crippen LogP contribution in [0.2, 0.25) is 0 Å². The molecule has 0 atom stereocenters. The Kier molecular flexibility index (Phi) is 2.59. The Balaban J connectivity index is 3.06. The van der Waals surface area contributed by atoms with E-state index in [1.54, 1.807) is 6.07 Å². The summed E-state index contributed by atoms with van der Waals surface area (Å²) in [6.45, 7) is 0. The molecule has 0 unspecified atom stereocenters. The average Bonchev–Trinajstić information content (AvgIpc) is 2.03. The van der Waals surface area contributed by atoms with Crippen LogP contribution in [0, 0.1) is 15.3 Å². The van der Waals surface area contributed by atoms with Gasteiger partial charge in [0, 0.05) is 17.7 Å². The number of nitro groups is 1. The van der Waals surface area contributed by atoms with Gasteiger partial charge in [-0.15, -0.1) is 0 Å². The number of hydroxylamine groups is 1. The molecule has 0 fully saturated rings. The minimum absolute atomic E-state index is 0.0180. The van der Waals surface area contributed by atoms with Crippen LogP contribution in [0.25, 0.3) is 0 Å². The van der Waals surface area contributed by atoms with Crippen LogP contribution in [0.1, 0.15) is 5.56 Å². The van der Waals surface area contributed by atoms with Crippen molar-refractivity contribution in [2.75, 3.05) is 7.05 Å². The molecule has 1 aromatic rings. The zero-order chi connectivity index (χ0) is 9.84. The van der Waals surface area contributed by atoms with Crippen molar-refractivity contribution in [2.24, 2.45) is 0 Å². The first-order valence-electron chi connectivity index (χ1n) is 3.59. The van der Waals surface area contributed by atoms with Gasteiger partial charge in [0.2, 0.25) is 0 Å². The molecule has 5 nitrogen and oxygen atoms in total. The van der Waals surface area contributed by atoms with Crippen molar-refractivity contribution in [2.45, 2.75) is 0 Å². The minimum atomic E-state index is -0.498. The second-order valence-electron chi connectivity index (χ2n) is 2.53. The van der Waals surface area contributed by atoms with E-state index >= 15 is 0 Å². The van der Waals surface area contributed by atoms with E-state index < -0.39 is 4.92 Å². The summed E-state index contributed by atoms with van der Waals surface area (Å²) in [6, 6.07) is 5.88. The highest BCUT2D eigenvalue weighted by molar-refractivity contribution is 5.76. The Hall–Kier alpha value is -1.91. The average molecular weight is 180 g/mol. The zero-order valence-corrected chi connectivity index (χ0v) is 7.01. The molecule has 0 aliphatic carbocycles. The molecule has 0 saturated heterocycles. The molecule has 0 aliphatic rings. The van der Waals surface area contributed by atoms with Gasteiger partial charge >= 0.3 is 0 Å². The lowest BCUT2D eigenvalue weighted by atomic mass is 10.2. The van der Waals surface area contributed by atoms with E-state index in [0.29, 0.717) is 10.3 Å². The Morgan fingerprint density at radius 3 is 2.62 bits per heavy atom. The molecule has 0 aliphatic heterocycles. The summed E-state index contributed by atoms with van der Waals surface area (Å²) >= 11 is 0. The summed E-state index contributed by atoms with van der Waals surface area (Å²) in [5.41, 5.74) is 0.502. The quantitative estimate of drug-likeness (QED) is 0.225. The van der Waals surface area contributed by atoms with Crippen LogP contribution in [-0.4, -0.2) is 22.9 Å². The van der Waals surface area contributed by atoms with Crippen LogP contribution in [0.3, 0.4) is 0 Å². The lowest BCUT2D eigenvalue weighted by molar-refractivity contribution is -0.416. The third-order valence-electron chi connectivity index (χ3n) is 1.41. The molecule has 0 aromatic heterocycles. The molecule has 0 radical (unpaired) electrons. The highest BCUT2D eigenvalue weighted by Crippen LogP contribution is 2.11. The number of nitrogens with zero attached hydrogens (tertiary/aromatic N) is 2. The topological polar surface area (TPSA) is 69.2 Å². The van der Waals surface area contributed by atoms with Gasteiger partial charge in [0.15, 0.2) is 6.21 Å². The number of hydrogen-bond acceptors (Lipinski definition) is 3. The predicted octanol–water partition coefficient (Wildman–Crippen LogP) is 1.15. The molecule has 0 spiro atoms. The maximum atomic E-state index is 10.6. The highest BCUT2D eigenvalue weighted by atomic mass is 16.6. The molecular formula is C8H8N2O3. The molecule has 0 saturated carbocycles. The van der Waals surface area contributed by atoms with E-state index in [4.69, 9.17) is 0 Å². The van der Waals surface area contributed by atoms with Gasteiger partial charge in [0.1, 0.15) is 7.05 Å². The smallest absolute Gasteiger partial charge is 0.270 e. The summed E-state index contributed by atoms with van der Waals surface area (Å²) in [5.74, 6) is 0. The third kappa shape index (κ3) is 2.55. The van der Waals surface area contributed by atoms with Gasteiger partial charge < -0.3 is 5.21 Å². The van der Waals surface area contributed by atoms with Crippen molar-refractivity contribution < 1.29 is 9.66 Å². The van der Waals surface area contributed by atoms with Crippen molar-refractivity contribution in [1.29, 1.82) is 0 Å². The van der Waals surface area contributed by atoms with Crippen LogP contribution >= 0.6 is 0 Å². The SMILES string of the molecule is C/[N+]([O-])=C/c1cccc([N+](=O)[O-])c1. The molecule has 0 heterocycles. The normalized spacial score (nSPS) is 11.3. The fraction of sp³-hybridized carbons (Fsp3) is 0.125. The first-order valence-corrected chi connectivity index (χ1v) is 3.59. The standard InChI is InChI=1S/C8H8N2O3/c1-9(11)6-7-3-2-4-8(5-7)10(12)13/h2-6H,1H3/b9-6-. The summed E-state index contributed by atoms with van der Waals surface area (Å²) in [4.78, 5) is 9.84. The minimum Gasteiger partial charge on any atom is -0.624 e. The van der Waals surface area contributed by atoms with Crippen molar-refractivity contribution in [3.8, 4) is 0 Å². The number of benzene rings is 1. The monoisotopic (exact) mass is 180 g/mol. The predicted molar refractivity (Wildman–Crippen MR) is 47.8 cm³/mol. The maximum absolute atomic E-state index is 10.6. The van der Waals surface area contributed by atoms with E-state index in [2.05, 4.69) is 0 Å². The Labute approximate surface area is 74.7 Å². The lowest BCUT2D eigenvalue weighted by Gasteiger charge is -1.95. The fourth-order valence-electron chi connectivity index (χ4n) is 0.929. The van der Waals surface area contributed by atoms with Crippen molar-refractivity contribution in [3.05, 3.63) is 45.2 Å². The Morgan fingerprint density at radius 1 is 1.38 bits per heavy atom. The van der Waals surface area contributed by atoms with Gasteiger partial charge in [-0.2, -0.15) is 0 Å². The van der Waals surface area contributed by atoms with Gasteiger partial charge in [-0.25, -0.2) is 4.74 Å². The summed E-state index contributed by atoms with van der Waals surface area (Å²) in [7, 11) is 1.32. The zero-order valence-electron chi connectivity index (χ0n) is 7.01. The first kappa shape index (κ1) is 9.18. The number of rotatable bonds is 2. The molecule has 0 N–H and O–H groups in total. The maximum Gasteiger partial charge on any atom is 0.270 e. The Morgan fingerprint density at radius 2 is 2.08 bits per heavy atom. The van der Waals surface area contributed by atoms with Gasteiger partial charge in [-0.3, -0.25) is 10.1 Å². The summed E-state index contributed by atoms with van der Waals surface area (Å²) in [5, 5.41) is 20.9. The molecule has 1 rings (SSSR count). The van der Waals surface area contributed by atoms with E-state index in [1.165, 1.54) is 31.5 Å². The van der Waals surface area contributed by atoms with Crippen LogP contribution < -0.4 is 0 Å². The highest BCUT2D eigenvalue weighted by Gasteiger charge is 2.04. The van der Waals surface area contributed by atoms with Crippen LogP contribution in [0.5, 0.6) is 0 Å². The van der Waals surface area contributed by atoms with Crippen molar-refractivity contribution in [3.63, 3.8) is 0 Å². The molecule has 1 aromatic carbocycles. The molecule has 0 bridgehead atoms. The van der Waals surface area contributed by atoms with E-state index in [0.717, 1.165) is 0 Å². The number of hydrogen-bond donors (Lipinski definition) is 0. The Bertz CT molecular complexity index is 356. The first-order chi connectivity index (χ1) is 6.09. The summed E-state index contributed by atoms with van der Waals surface area (Å²) in [6.07, 6.45) is 1.27.